The Kier molecular flexibility index (Phi) is 9.26. The third-order valence-corrected chi connectivity index (χ3v) is 9.64. The molecule has 0 radical (unpaired) electrons. The zero-order chi connectivity index (χ0) is 37.4. The van der Waals surface area contributed by atoms with E-state index in [-0.39, 0.29) is 66.9 Å². The monoisotopic (exact) mass is 742 g/mol. The summed E-state index contributed by atoms with van der Waals surface area (Å²) in [5.41, 5.74) is 0.221. The quantitative estimate of drug-likeness (QED) is 0.0834. The first kappa shape index (κ1) is 35.3. The molecule has 8 N–H and O–H groups in total. The van der Waals surface area contributed by atoms with E-state index in [1.807, 2.05) is 0 Å². The Morgan fingerprint density at radius 1 is 0.442 bits per heavy atom. The van der Waals surface area contributed by atoms with E-state index < -0.39 is 47.9 Å². The Bertz CT molecular complexity index is 2460. The van der Waals surface area contributed by atoms with Crippen LogP contribution in [0.2, 0.25) is 0 Å². The van der Waals surface area contributed by atoms with E-state index in [0.717, 1.165) is 12.1 Å². The fourth-order valence-corrected chi connectivity index (χ4v) is 6.72. The SMILES string of the molecule is O=C(Nc1ccc(C(=O)Nc2c(S(=O)(=O)O)ccc3c(O)cccc23)cc1)Nc1ccc(C(=O)Nc2c(S(=O)(=O)O)ccc3c(O)cccc23)cc1. The number of phenols is 2. The molecule has 0 aliphatic carbocycles. The summed E-state index contributed by atoms with van der Waals surface area (Å²) in [5.74, 6) is -1.81. The predicted molar refractivity (Wildman–Crippen MR) is 192 cm³/mol. The largest absolute Gasteiger partial charge is 0.507 e. The first-order valence-corrected chi connectivity index (χ1v) is 17.8. The van der Waals surface area contributed by atoms with Gasteiger partial charge in [-0.25, -0.2) is 4.79 Å². The van der Waals surface area contributed by atoms with Gasteiger partial charge in [0.05, 0.1) is 11.4 Å². The highest BCUT2D eigenvalue weighted by atomic mass is 32.2. The molecule has 17 heteroatoms. The molecule has 6 rings (SSSR count). The minimum atomic E-state index is -4.75. The van der Waals surface area contributed by atoms with Crippen LogP contribution in [0.4, 0.5) is 27.5 Å². The number of anilines is 4. The standard InChI is InChI=1S/C35H26N4O11S2/c40-27-5-1-3-25-23(27)15-17-29(51(45,46)47)31(25)38-33(42)19-7-11-21(12-8-19)36-35(44)37-22-13-9-20(10-14-22)34(43)39-32-26-4-2-6-28(41)24(26)16-18-30(32)52(48,49)50/h1-18,40-41H,(H,38,42)(H,39,43)(H2,36,37,44)(H,45,46,47)(H,48,49,50). The van der Waals surface area contributed by atoms with Gasteiger partial charge in [0.25, 0.3) is 32.1 Å². The van der Waals surface area contributed by atoms with Crippen LogP contribution in [-0.2, 0) is 20.2 Å². The minimum Gasteiger partial charge on any atom is -0.507 e. The number of benzene rings is 6. The van der Waals surface area contributed by atoms with E-state index in [1.54, 1.807) is 0 Å². The van der Waals surface area contributed by atoms with Crippen molar-refractivity contribution in [2.45, 2.75) is 9.79 Å². The predicted octanol–water partition coefficient (Wildman–Crippen LogP) is 6.05. The fourth-order valence-electron chi connectivity index (χ4n) is 5.41. The average Bonchev–Trinajstić information content (AvgIpc) is 3.08. The summed E-state index contributed by atoms with van der Waals surface area (Å²) in [5, 5.41) is 31.3. The number of rotatable bonds is 8. The number of amides is 4. The second-order valence-corrected chi connectivity index (χ2v) is 14.0. The fraction of sp³-hybridized carbons (Fsp3) is 0. The van der Waals surface area contributed by atoms with Gasteiger partial charge in [0.1, 0.15) is 21.3 Å². The number of hydrogen-bond acceptors (Lipinski definition) is 9. The minimum absolute atomic E-state index is 0.0716. The zero-order valence-corrected chi connectivity index (χ0v) is 28.0. The van der Waals surface area contributed by atoms with Gasteiger partial charge in [0, 0.05) is 44.0 Å². The highest BCUT2D eigenvalue weighted by Crippen LogP contribution is 2.36. The number of carbonyl (C=O) groups excluding carboxylic acids is 3. The van der Waals surface area contributed by atoms with Crippen molar-refractivity contribution >= 4 is 82.4 Å². The highest BCUT2D eigenvalue weighted by molar-refractivity contribution is 7.86. The van der Waals surface area contributed by atoms with Crippen molar-refractivity contribution in [2.75, 3.05) is 21.3 Å². The Hall–Kier alpha value is -6.53. The molecule has 0 unspecified atom stereocenters. The first-order valence-electron chi connectivity index (χ1n) is 15.0. The molecule has 0 aliphatic heterocycles. The topological polar surface area (TPSA) is 249 Å². The number of urea groups is 1. The van der Waals surface area contributed by atoms with Gasteiger partial charge >= 0.3 is 6.03 Å². The molecule has 0 bridgehead atoms. The van der Waals surface area contributed by atoms with Crippen LogP contribution in [0, 0.1) is 0 Å². The maximum atomic E-state index is 13.1. The lowest BCUT2D eigenvalue weighted by molar-refractivity contribution is 0.101. The molecule has 0 saturated heterocycles. The van der Waals surface area contributed by atoms with Crippen LogP contribution in [0.5, 0.6) is 11.5 Å². The Morgan fingerprint density at radius 3 is 1.15 bits per heavy atom. The van der Waals surface area contributed by atoms with Crippen LogP contribution in [0.15, 0.2) is 119 Å². The van der Waals surface area contributed by atoms with Gasteiger partial charge < -0.3 is 31.5 Å². The second-order valence-electron chi connectivity index (χ2n) is 11.2. The zero-order valence-electron chi connectivity index (χ0n) is 26.4. The number of hydrogen-bond donors (Lipinski definition) is 8. The highest BCUT2D eigenvalue weighted by Gasteiger charge is 2.23. The van der Waals surface area contributed by atoms with Crippen LogP contribution >= 0.6 is 0 Å². The average molecular weight is 743 g/mol. The van der Waals surface area contributed by atoms with Crippen LogP contribution in [0.1, 0.15) is 20.7 Å². The van der Waals surface area contributed by atoms with Crippen molar-refractivity contribution in [2.24, 2.45) is 0 Å². The van der Waals surface area contributed by atoms with Gasteiger partial charge in [0.15, 0.2) is 0 Å². The summed E-state index contributed by atoms with van der Waals surface area (Å²) in [6, 6.07) is 23.7. The number of fused-ring (bicyclic) bond motifs is 2. The van der Waals surface area contributed by atoms with Crippen LogP contribution in [0.3, 0.4) is 0 Å². The van der Waals surface area contributed by atoms with Gasteiger partial charge in [-0.05, 0) is 84.9 Å². The smallest absolute Gasteiger partial charge is 0.323 e. The molecule has 6 aromatic rings. The Labute approximate surface area is 295 Å². The van der Waals surface area contributed by atoms with Crippen molar-refractivity contribution in [3.05, 3.63) is 120 Å². The molecular weight excluding hydrogens is 717 g/mol. The summed E-state index contributed by atoms with van der Waals surface area (Å²) >= 11 is 0. The van der Waals surface area contributed by atoms with Crippen LogP contribution in [-0.4, -0.2) is 54.0 Å². The first-order chi connectivity index (χ1) is 24.6. The summed E-state index contributed by atoms with van der Waals surface area (Å²) in [6.45, 7) is 0. The molecule has 4 amide bonds. The van der Waals surface area contributed by atoms with E-state index in [2.05, 4.69) is 21.3 Å². The summed E-state index contributed by atoms with van der Waals surface area (Å²) in [4.78, 5) is 37.7. The van der Waals surface area contributed by atoms with E-state index in [0.29, 0.717) is 0 Å². The molecule has 15 nitrogen and oxygen atoms in total. The second kappa shape index (κ2) is 13.6. The molecule has 0 atom stereocenters. The van der Waals surface area contributed by atoms with Crippen molar-refractivity contribution in [3.8, 4) is 11.5 Å². The normalized spacial score (nSPS) is 11.6. The molecule has 52 heavy (non-hydrogen) atoms. The van der Waals surface area contributed by atoms with Gasteiger partial charge in [-0.2, -0.15) is 16.8 Å². The summed E-state index contributed by atoms with van der Waals surface area (Å²) in [7, 11) is -9.51. The lowest BCUT2D eigenvalue weighted by atomic mass is 10.1. The molecule has 0 spiro atoms. The summed E-state index contributed by atoms with van der Waals surface area (Å²) < 4.78 is 67.6. The number of carbonyl (C=O) groups is 3. The Balaban J connectivity index is 1.12. The molecule has 6 aromatic carbocycles. The molecule has 0 saturated carbocycles. The van der Waals surface area contributed by atoms with Gasteiger partial charge in [-0.3, -0.25) is 18.7 Å². The third-order valence-electron chi connectivity index (χ3n) is 7.84. The van der Waals surface area contributed by atoms with Gasteiger partial charge in [0.2, 0.25) is 0 Å². The molecule has 0 heterocycles. The van der Waals surface area contributed by atoms with E-state index in [4.69, 9.17) is 0 Å². The van der Waals surface area contributed by atoms with Gasteiger partial charge in [-0.15, -0.1) is 0 Å². The van der Waals surface area contributed by atoms with Crippen molar-refractivity contribution in [1.29, 1.82) is 0 Å². The third kappa shape index (κ3) is 7.32. The molecule has 264 valence electrons. The van der Waals surface area contributed by atoms with E-state index in [1.165, 1.54) is 97.1 Å². The van der Waals surface area contributed by atoms with Crippen molar-refractivity contribution in [1.82, 2.24) is 0 Å². The maximum Gasteiger partial charge on any atom is 0.323 e. The number of phenolic OH excluding ortho intramolecular Hbond substituents is 2. The maximum absolute atomic E-state index is 13.1. The van der Waals surface area contributed by atoms with Crippen LogP contribution in [0.25, 0.3) is 21.5 Å². The van der Waals surface area contributed by atoms with Gasteiger partial charge in [-0.1, -0.05) is 24.3 Å². The molecular formula is C35H26N4O11S2. The van der Waals surface area contributed by atoms with Crippen molar-refractivity contribution in [3.63, 3.8) is 0 Å². The molecule has 0 fully saturated rings. The molecule has 0 aromatic heterocycles. The lowest BCUT2D eigenvalue weighted by Gasteiger charge is -2.14. The summed E-state index contributed by atoms with van der Waals surface area (Å²) in [6.07, 6.45) is 0. The Morgan fingerprint density at radius 2 is 0.808 bits per heavy atom. The van der Waals surface area contributed by atoms with Crippen LogP contribution < -0.4 is 21.3 Å². The number of nitrogens with one attached hydrogen (secondary N) is 4. The number of aromatic hydroxyl groups is 2. The van der Waals surface area contributed by atoms with E-state index in [9.17, 15) is 50.5 Å². The van der Waals surface area contributed by atoms with E-state index >= 15 is 0 Å². The molecule has 0 aliphatic rings. The lowest BCUT2D eigenvalue weighted by Crippen LogP contribution is -2.20. The van der Waals surface area contributed by atoms with Crippen molar-refractivity contribution < 1.29 is 50.5 Å².